The molecule has 1 aliphatic carbocycles. The minimum atomic E-state index is -0.545. The quantitative estimate of drug-likeness (QED) is 0.332. The Bertz CT molecular complexity index is 1980. The summed E-state index contributed by atoms with van der Waals surface area (Å²) in [6, 6.07) is 13.1. The predicted molar refractivity (Wildman–Crippen MR) is 152 cm³/mol. The van der Waals surface area contributed by atoms with Gasteiger partial charge in [0.1, 0.15) is 17.0 Å². The standard InChI is InChI=1S/C29H26FN7O3/c1-16-8-11-22(21(30)14-16)34-25-23-24(17(2)26(38)35(25)3)36(29(40)37(27(23)39)19-9-10-19)20-7-4-6-18(15-20)33-28-31-12-5-13-32-28/h4-8,11-15,19,34H,9-10H2,1-3H3,(H,31,32,33). The van der Waals surface area contributed by atoms with Crippen molar-refractivity contribution in [2.75, 3.05) is 10.6 Å². The van der Waals surface area contributed by atoms with Crippen LogP contribution in [-0.4, -0.2) is 23.7 Å². The molecule has 1 fully saturated rings. The maximum atomic E-state index is 14.9. The predicted octanol–water partition coefficient (Wildman–Crippen LogP) is 4.22. The fourth-order valence-electron chi connectivity index (χ4n) is 4.92. The highest BCUT2D eigenvalue weighted by molar-refractivity contribution is 5.93. The largest absolute Gasteiger partial charge is 0.338 e. The number of pyridine rings is 1. The van der Waals surface area contributed by atoms with Crippen LogP contribution in [0.2, 0.25) is 0 Å². The molecule has 0 radical (unpaired) electrons. The fourth-order valence-corrected chi connectivity index (χ4v) is 4.92. The van der Waals surface area contributed by atoms with E-state index in [2.05, 4.69) is 20.6 Å². The van der Waals surface area contributed by atoms with Gasteiger partial charge in [-0.2, -0.15) is 0 Å². The van der Waals surface area contributed by atoms with E-state index in [4.69, 9.17) is 0 Å². The molecule has 1 aliphatic rings. The zero-order chi connectivity index (χ0) is 28.1. The molecule has 2 N–H and O–H groups in total. The lowest BCUT2D eigenvalue weighted by atomic mass is 10.1. The first-order valence-corrected chi connectivity index (χ1v) is 12.8. The number of aryl methyl sites for hydroxylation is 2. The molecule has 6 rings (SSSR count). The van der Waals surface area contributed by atoms with Crippen molar-refractivity contribution in [3.8, 4) is 5.69 Å². The summed E-state index contributed by atoms with van der Waals surface area (Å²) < 4.78 is 18.8. The maximum absolute atomic E-state index is 14.9. The molecule has 0 atom stereocenters. The van der Waals surface area contributed by atoms with Crippen LogP contribution in [0.25, 0.3) is 16.6 Å². The van der Waals surface area contributed by atoms with Crippen LogP contribution in [0.3, 0.4) is 0 Å². The third-order valence-electron chi connectivity index (χ3n) is 7.06. The van der Waals surface area contributed by atoms with E-state index in [1.165, 1.54) is 26.8 Å². The highest BCUT2D eigenvalue weighted by Crippen LogP contribution is 2.34. The summed E-state index contributed by atoms with van der Waals surface area (Å²) in [6.45, 7) is 3.35. The molecule has 0 saturated heterocycles. The number of benzene rings is 2. The summed E-state index contributed by atoms with van der Waals surface area (Å²) in [7, 11) is 1.52. The van der Waals surface area contributed by atoms with Crippen molar-refractivity contribution in [2.24, 2.45) is 7.05 Å². The molecular weight excluding hydrogens is 513 g/mol. The van der Waals surface area contributed by atoms with Crippen LogP contribution in [0.5, 0.6) is 0 Å². The molecule has 10 nitrogen and oxygen atoms in total. The lowest BCUT2D eigenvalue weighted by Crippen LogP contribution is -2.41. The van der Waals surface area contributed by atoms with Crippen molar-refractivity contribution in [3.63, 3.8) is 0 Å². The zero-order valence-electron chi connectivity index (χ0n) is 22.1. The van der Waals surface area contributed by atoms with Crippen LogP contribution in [0.4, 0.5) is 27.5 Å². The molecule has 202 valence electrons. The van der Waals surface area contributed by atoms with Gasteiger partial charge in [0.05, 0.1) is 16.9 Å². The van der Waals surface area contributed by atoms with Crippen molar-refractivity contribution in [2.45, 2.75) is 32.7 Å². The number of hydrogen-bond acceptors (Lipinski definition) is 7. The minimum Gasteiger partial charge on any atom is -0.338 e. The summed E-state index contributed by atoms with van der Waals surface area (Å²) in [5, 5.41) is 6.21. The van der Waals surface area contributed by atoms with Crippen LogP contribution in [-0.2, 0) is 7.05 Å². The summed E-state index contributed by atoms with van der Waals surface area (Å²) in [4.78, 5) is 49.7. The molecule has 0 unspecified atom stereocenters. The summed E-state index contributed by atoms with van der Waals surface area (Å²) in [5.74, 6) is -0.0520. The summed E-state index contributed by atoms with van der Waals surface area (Å²) in [6.07, 6.45) is 4.59. The molecule has 2 aromatic carbocycles. The topological polar surface area (TPSA) is 116 Å². The number of rotatable bonds is 6. The average molecular weight is 540 g/mol. The monoisotopic (exact) mass is 539 g/mol. The first-order chi connectivity index (χ1) is 19.2. The Morgan fingerprint density at radius 1 is 0.925 bits per heavy atom. The smallest absolute Gasteiger partial charge is 0.336 e. The zero-order valence-corrected chi connectivity index (χ0v) is 22.1. The number of anilines is 4. The molecule has 11 heteroatoms. The third-order valence-corrected chi connectivity index (χ3v) is 7.06. The maximum Gasteiger partial charge on any atom is 0.336 e. The van der Waals surface area contributed by atoms with Gasteiger partial charge in [-0.25, -0.2) is 19.2 Å². The molecule has 40 heavy (non-hydrogen) atoms. The molecule has 0 spiro atoms. The van der Waals surface area contributed by atoms with Gasteiger partial charge in [-0.15, -0.1) is 0 Å². The lowest BCUT2D eigenvalue weighted by Gasteiger charge is -2.21. The molecule has 1 saturated carbocycles. The van der Waals surface area contributed by atoms with E-state index in [1.807, 2.05) is 0 Å². The van der Waals surface area contributed by atoms with Crippen molar-refractivity contribution < 1.29 is 4.39 Å². The number of halogens is 1. The molecule has 0 aliphatic heterocycles. The molecule has 3 heterocycles. The van der Waals surface area contributed by atoms with E-state index < -0.39 is 22.6 Å². The normalized spacial score (nSPS) is 13.0. The van der Waals surface area contributed by atoms with Gasteiger partial charge in [0.15, 0.2) is 0 Å². The van der Waals surface area contributed by atoms with Crippen LogP contribution in [0.15, 0.2) is 75.3 Å². The van der Waals surface area contributed by atoms with Gasteiger partial charge in [0, 0.05) is 36.7 Å². The Labute approximate surface area is 227 Å². The third kappa shape index (κ3) is 4.25. The summed E-state index contributed by atoms with van der Waals surface area (Å²) >= 11 is 0. The Kier molecular flexibility index (Phi) is 6.05. The molecule has 0 bridgehead atoms. The van der Waals surface area contributed by atoms with E-state index in [-0.39, 0.29) is 34.0 Å². The van der Waals surface area contributed by atoms with E-state index in [0.29, 0.717) is 30.2 Å². The highest BCUT2D eigenvalue weighted by Gasteiger charge is 2.31. The van der Waals surface area contributed by atoms with Crippen molar-refractivity contribution in [1.82, 2.24) is 23.7 Å². The van der Waals surface area contributed by atoms with Gasteiger partial charge in [-0.3, -0.25) is 23.3 Å². The van der Waals surface area contributed by atoms with Crippen LogP contribution in [0.1, 0.15) is 30.0 Å². The fraction of sp³-hybridized carbons (Fsp3) is 0.207. The van der Waals surface area contributed by atoms with Crippen LogP contribution < -0.4 is 27.4 Å². The SMILES string of the molecule is Cc1ccc(Nc2c3c(=O)n(C4CC4)c(=O)n(-c4cccc(Nc5ncccn5)c4)c3c(C)c(=O)n2C)c(F)c1. The van der Waals surface area contributed by atoms with Crippen molar-refractivity contribution >= 4 is 34.0 Å². The number of fused-ring (bicyclic) bond motifs is 1. The molecular formula is C29H26FN7O3. The molecule has 3 aromatic heterocycles. The number of aromatic nitrogens is 5. The van der Waals surface area contributed by atoms with Gasteiger partial charge in [-0.05, 0) is 68.7 Å². The highest BCUT2D eigenvalue weighted by atomic mass is 19.1. The second-order valence-electron chi connectivity index (χ2n) is 9.94. The van der Waals surface area contributed by atoms with Gasteiger partial charge >= 0.3 is 5.69 Å². The number of hydrogen-bond donors (Lipinski definition) is 2. The van der Waals surface area contributed by atoms with Crippen LogP contribution >= 0.6 is 0 Å². The first kappa shape index (κ1) is 25.2. The Morgan fingerprint density at radius 3 is 2.38 bits per heavy atom. The van der Waals surface area contributed by atoms with Gasteiger partial charge in [-0.1, -0.05) is 12.1 Å². The van der Waals surface area contributed by atoms with E-state index in [1.54, 1.807) is 68.7 Å². The molecule has 5 aromatic rings. The van der Waals surface area contributed by atoms with Gasteiger partial charge in [0.2, 0.25) is 5.95 Å². The lowest BCUT2D eigenvalue weighted by molar-refractivity contribution is 0.630. The van der Waals surface area contributed by atoms with Gasteiger partial charge in [0.25, 0.3) is 11.1 Å². The summed E-state index contributed by atoms with van der Waals surface area (Å²) in [5.41, 5.74) is 0.763. The Morgan fingerprint density at radius 2 is 1.68 bits per heavy atom. The van der Waals surface area contributed by atoms with Gasteiger partial charge < -0.3 is 10.6 Å². The second-order valence-corrected chi connectivity index (χ2v) is 9.94. The second kappa shape index (κ2) is 9.60. The van der Waals surface area contributed by atoms with Crippen molar-refractivity contribution in [1.29, 1.82) is 0 Å². The van der Waals surface area contributed by atoms with E-state index in [0.717, 1.165) is 5.56 Å². The number of nitrogens with zero attached hydrogens (tertiary/aromatic N) is 5. The average Bonchev–Trinajstić information content (AvgIpc) is 3.77. The van der Waals surface area contributed by atoms with Crippen molar-refractivity contribution in [3.05, 3.63) is 109 Å². The first-order valence-electron chi connectivity index (χ1n) is 12.8. The molecule has 0 amide bonds. The minimum absolute atomic E-state index is 0.105. The van der Waals surface area contributed by atoms with E-state index >= 15 is 0 Å². The number of nitrogens with one attached hydrogen (secondary N) is 2. The van der Waals surface area contributed by atoms with E-state index in [9.17, 15) is 18.8 Å². The Hall–Kier alpha value is -5.06. The van der Waals surface area contributed by atoms with Crippen LogP contribution in [0, 0.1) is 19.7 Å². The Balaban J connectivity index is 1.65.